The van der Waals surface area contributed by atoms with Crippen LogP contribution in [-0.2, 0) is 9.53 Å². The van der Waals surface area contributed by atoms with Gasteiger partial charge >= 0.3 is 0 Å². The molecule has 6 nitrogen and oxygen atoms in total. The van der Waals surface area contributed by atoms with E-state index in [0.29, 0.717) is 22.9 Å². The van der Waals surface area contributed by atoms with Gasteiger partial charge in [0.05, 0.1) is 16.8 Å². The predicted octanol–water partition coefficient (Wildman–Crippen LogP) is 2.04. The monoisotopic (exact) mass is 320 g/mol. The van der Waals surface area contributed by atoms with Gasteiger partial charge in [-0.3, -0.25) is 4.79 Å². The van der Waals surface area contributed by atoms with E-state index in [2.05, 4.69) is 10.6 Å². The minimum atomic E-state index is -0.511. The van der Waals surface area contributed by atoms with Crippen LogP contribution in [0.2, 0.25) is 5.02 Å². The molecule has 7 heteroatoms. The van der Waals surface area contributed by atoms with Gasteiger partial charge in [0.2, 0.25) is 0 Å². The second kappa shape index (κ2) is 7.69. The minimum Gasteiger partial charge on any atom is -0.398 e. The maximum Gasteiger partial charge on any atom is 0.267 e. The molecule has 0 aliphatic carbocycles. The van der Waals surface area contributed by atoms with Crippen LogP contribution in [0, 0.1) is 11.3 Å². The van der Waals surface area contributed by atoms with Gasteiger partial charge in [-0.25, -0.2) is 0 Å². The van der Waals surface area contributed by atoms with Crippen LogP contribution < -0.4 is 16.4 Å². The Kier molecular flexibility index (Phi) is 5.64. The Bertz CT molecular complexity index is 618. The SMILES string of the molecule is N#C/C(=C/NCC1CCCO1)C(=O)Nc1ccc(N)c(Cl)c1. The maximum absolute atomic E-state index is 12.0. The quantitative estimate of drug-likeness (QED) is 0.438. The van der Waals surface area contributed by atoms with Gasteiger partial charge in [-0.1, -0.05) is 11.6 Å². The number of nitriles is 1. The molecule has 116 valence electrons. The van der Waals surface area contributed by atoms with Gasteiger partial charge in [-0.15, -0.1) is 0 Å². The number of carbonyl (C=O) groups excluding carboxylic acids is 1. The van der Waals surface area contributed by atoms with Gasteiger partial charge in [-0.2, -0.15) is 5.26 Å². The molecule has 1 unspecified atom stereocenters. The first-order valence-electron chi connectivity index (χ1n) is 6.92. The first kappa shape index (κ1) is 16.1. The van der Waals surface area contributed by atoms with Gasteiger partial charge in [0.1, 0.15) is 11.6 Å². The van der Waals surface area contributed by atoms with Crippen LogP contribution in [0.1, 0.15) is 12.8 Å². The molecule has 0 saturated carbocycles. The van der Waals surface area contributed by atoms with Gasteiger partial charge in [0.15, 0.2) is 0 Å². The summed E-state index contributed by atoms with van der Waals surface area (Å²) >= 11 is 5.88. The van der Waals surface area contributed by atoms with Crippen LogP contribution in [-0.4, -0.2) is 25.2 Å². The fourth-order valence-electron chi connectivity index (χ4n) is 2.05. The lowest BCUT2D eigenvalue weighted by atomic mass is 10.2. The molecule has 1 aliphatic rings. The molecule has 4 N–H and O–H groups in total. The van der Waals surface area contributed by atoms with E-state index in [4.69, 9.17) is 27.3 Å². The van der Waals surface area contributed by atoms with Crippen molar-refractivity contribution in [3.05, 3.63) is 35.0 Å². The first-order chi connectivity index (χ1) is 10.6. The first-order valence-corrected chi connectivity index (χ1v) is 7.29. The highest BCUT2D eigenvalue weighted by atomic mass is 35.5. The third-order valence-corrected chi connectivity index (χ3v) is 3.57. The van der Waals surface area contributed by atoms with Crippen LogP contribution in [0.25, 0.3) is 0 Å². The highest BCUT2D eigenvalue weighted by molar-refractivity contribution is 6.33. The summed E-state index contributed by atoms with van der Waals surface area (Å²) in [6, 6.07) is 6.60. The molecule has 0 aromatic heterocycles. The van der Waals surface area contributed by atoms with Crippen molar-refractivity contribution in [2.45, 2.75) is 18.9 Å². The number of benzene rings is 1. The van der Waals surface area contributed by atoms with Crippen LogP contribution in [0.3, 0.4) is 0 Å². The van der Waals surface area contributed by atoms with Crippen molar-refractivity contribution >= 4 is 28.9 Å². The van der Waals surface area contributed by atoms with E-state index in [-0.39, 0.29) is 11.7 Å². The average Bonchev–Trinajstić information content (AvgIpc) is 3.00. The summed E-state index contributed by atoms with van der Waals surface area (Å²) in [6.45, 7) is 1.34. The Morgan fingerprint density at radius 3 is 3.05 bits per heavy atom. The number of rotatable bonds is 5. The normalized spacial score (nSPS) is 17.8. The molecule has 1 aromatic rings. The molecule has 2 rings (SSSR count). The number of ether oxygens (including phenoxy) is 1. The molecule has 22 heavy (non-hydrogen) atoms. The van der Waals surface area contributed by atoms with Gasteiger partial charge in [0.25, 0.3) is 5.91 Å². The molecule has 1 amide bonds. The number of nitrogens with two attached hydrogens (primary N) is 1. The number of hydrogen-bond donors (Lipinski definition) is 3. The standard InChI is InChI=1S/C15H17ClN4O2/c16-13-6-11(3-4-14(13)18)20-15(21)10(7-17)8-19-9-12-2-1-5-22-12/h3-4,6,8,12,19H,1-2,5,9,18H2,(H,20,21)/b10-8-. The van der Waals surface area contributed by atoms with E-state index in [0.717, 1.165) is 19.4 Å². The molecule has 0 spiro atoms. The highest BCUT2D eigenvalue weighted by Gasteiger charge is 2.15. The molecule has 1 atom stereocenters. The summed E-state index contributed by atoms with van der Waals surface area (Å²) in [5.41, 5.74) is 6.48. The number of amides is 1. The summed E-state index contributed by atoms with van der Waals surface area (Å²) in [4.78, 5) is 12.0. The van der Waals surface area contributed by atoms with E-state index >= 15 is 0 Å². The number of nitrogens with one attached hydrogen (secondary N) is 2. The van der Waals surface area contributed by atoms with E-state index in [1.807, 2.05) is 6.07 Å². The van der Waals surface area contributed by atoms with E-state index < -0.39 is 5.91 Å². The van der Waals surface area contributed by atoms with Crippen molar-refractivity contribution in [3.63, 3.8) is 0 Å². The van der Waals surface area contributed by atoms with Crippen LogP contribution in [0.15, 0.2) is 30.0 Å². The lowest BCUT2D eigenvalue weighted by Crippen LogP contribution is -2.24. The van der Waals surface area contributed by atoms with Crippen molar-refractivity contribution in [1.29, 1.82) is 5.26 Å². The molecule has 1 aliphatic heterocycles. The van der Waals surface area contributed by atoms with Gasteiger partial charge in [-0.05, 0) is 31.0 Å². The summed E-state index contributed by atoms with van der Waals surface area (Å²) in [7, 11) is 0. The number of anilines is 2. The summed E-state index contributed by atoms with van der Waals surface area (Å²) in [5.74, 6) is -0.511. The fraction of sp³-hybridized carbons (Fsp3) is 0.333. The number of hydrogen-bond acceptors (Lipinski definition) is 5. The molecule has 1 heterocycles. The highest BCUT2D eigenvalue weighted by Crippen LogP contribution is 2.22. The number of nitrogen functional groups attached to an aromatic ring is 1. The zero-order chi connectivity index (χ0) is 15.9. The Morgan fingerprint density at radius 1 is 1.59 bits per heavy atom. The third-order valence-electron chi connectivity index (χ3n) is 3.24. The lowest BCUT2D eigenvalue weighted by Gasteiger charge is -2.09. The third kappa shape index (κ3) is 4.38. The Morgan fingerprint density at radius 2 is 2.41 bits per heavy atom. The van der Waals surface area contributed by atoms with Crippen molar-refractivity contribution in [2.24, 2.45) is 0 Å². The Balaban J connectivity index is 1.92. The van der Waals surface area contributed by atoms with Crippen molar-refractivity contribution in [2.75, 3.05) is 24.2 Å². The zero-order valence-corrected chi connectivity index (χ0v) is 12.7. The minimum absolute atomic E-state index is 0.0223. The van der Waals surface area contributed by atoms with E-state index in [9.17, 15) is 4.79 Å². The molecular weight excluding hydrogens is 304 g/mol. The van der Waals surface area contributed by atoms with Crippen molar-refractivity contribution < 1.29 is 9.53 Å². The fourth-order valence-corrected chi connectivity index (χ4v) is 2.23. The summed E-state index contributed by atoms with van der Waals surface area (Å²) in [6.07, 6.45) is 3.56. The summed E-state index contributed by atoms with van der Waals surface area (Å²) in [5, 5.41) is 15.0. The van der Waals surface area contributed by atoms with Crippen molar-refractivity contribution in [3.8, 4) is 6.07 Å². The van der Waals surface area contributed by atoms with Crippen LogP contribution >= 0.6 is 11.6 Å². The van der Waals surface area contributed by atoms with Crippen molar-refractivity contribution in [1.82, 2.24) is 5.32 Å². The largest absolute Gasteiger partial charge is 0.398 e. The molecular formula is C15H17ClN4O2. The smallest absolute Gasteiger partial charge is 0.267 e. The molecule has 0 bridgehead atoms. The van der Waals surface area contributed by atoms with Gasteiger partial charge < -0.3 is 21.1 Å². The second-order valence-corrected chi connectivity index (χ2v) is 5.31. The van der Waals surface area contributed by atoms with E-state index in [1.165, 1.54) is 12.3 Å². The number of halogens is 1. The van der Waals surface area contributed by atoms with Gasteiger partial charge in [0, 0.05) is 25.0 Å². The topological polar surface area (TPSA) is 100 Å². The molecule has 1 aromatic carbocycles. The number of carbonyl (C=O) groups is 1. The molecule has 1 saturated heterocycles. The van der Waals surface area contributed by atoms with Crippen LogP contribution in [0.4, 0.5) is 11.4 Å². The van der Waals surface area contributed by atoms with Crippen LogP contribution in [0.5, 0.6) is 0 Å². The molecule has 1 fully saturated rings. The summed E-state index contributed by atoms with van der Waals surface area (Å²) < 4.78 is 5.45. The predicted molar refractivity (Wildman–Crippen MR) is 85.2 cm³/mol. The Labute approximate surface area is 133 Å². The lowest BCUT2D eigenvalue weighted by molar-refractivity contribution is -0.112. The molecule has 0 radical (unpaired) electrons. The van der Waals surface area contributed by atoms with E-state index in [1.54, 1.807) is 12.1 Å². The Hall–Kier alpha value is -2.23. The maximum atomic E-state index is 12.0. The average molecular weight is 321 g/mol. The number of nitrogens with zero attached hydrogens (tertiary/aromatic N) is 1. The zero-order valence-electron chi connectivity index (χ0n) is 11.9. The second-order valence-electron chi connectivity index (χ2n) is 4.90.